The number of allylic oxidation sites excluding steroid dienone is 1. The maximum Gasteiger partial charge on any atom is 0.416 e. The fraction of sp³-hybridized carbons (Fsp3) is 0.148. The third kappa shape index (κ3) is 4.55. The Bertz CT molecular complexity index is 1710. The van der Waals surface area contributed by atoms with Crippen LogP contribution in [0, 0.1) is 0 Å². The first-order valence-corrected chi connectivity index (χ1v) is 11.9. The van der Waals surface area contributed by atoms with Crippen LogP contribution in [0.25, 0.3) is 17.4 Å². The molecule has 0 radical (unpaired) electrons. The van der Waals surface area contributed by atoms with Crippen LogP contribution in [-0.4, -0.2) is 17.6 Å². The van der Waals surface area contributed by atoms with E-state index >= 15 is 0 Å². The molecule has 0 amide bonds. The predicted octanol–water partition coefficient (Wildman–Crippen LogP) is 4.69. The Morgan fingerprint density at radius 2 is 1.86 bits per heavy atom. The number of alkyl halides is 3. The lowest BCUT2D eigenvalue weighted by Gasteiger charge is -2.24. The van der Waals surface area contributed by atoms with Crippen molar-refractivity contribution in [1.29, 1.82) is 0 Å². The molecule has 0 bridgehead atoms. The molecule has 0 unspecified atom stereocenters. The first-order chi connectivity index (χ1) is 17.7. The van der Waals surface area contributed by atoms with E-state index in [0.29, 0.717) is 15.0 Å². The summed E-state index contributed by atoms with van der Waals surface area (Å²) < 4.78 is 51.8. The fourth-order valence-corrected chi connectivity index (χ4v) is 5.23. The van der Waals surface area contributed by atoms with Crippen molar-refractivity contribution in [3.8, 4) is 11.3 Å². The maximum atomic E-state index is 13.5. The van der Waals surface area contributed by atoms with Gasteiger partial charge in [-0.15, -0.1) is 0 Å². The van der Waals surface area contributed by atoms with Gasteiger partial charge in [0.2, 0.25) is 0 Å². The molecule has 0 aliphatic carbocycles. The molecule has 1 aliphatic heterocycles. The van der Waals surface area contributed by atoms with Crippen molar-refractivity contribution in [1.82, 2.24) is 4.57 Å². The molecule has 0 N–H and O–H groups in total. The molecule has 1 atom stereocenters. The SMILES string of the molecule is COC(=O)C1=C(C)N=c2s/c(=C/c3ccc(-c4cccc(C(F)(F)F)c4)o3)c(=O)n2[C@H]1c1ccccc1. The standard InChI is InChI=1S/C27H19F3N2O4S/c1-15-22(25(34)35-2)23(16-7-4-3-5-8-16)32-24(33)21(37-26(32)31-15)14-19-11-12-20(36-19)17-9-6-10-18(13-17)27(28,29)30/h3-14,23H,1-2H3/b21-14+/t23-/m0/s1. The van der Waals surface area contributed by atoms with E-state index in [1.807, 2.05) is 30.3 Å². The highest BCUT2D eigenvalue weighted by atomic mass is 32.1. The lowest BCUT2D eigenvalue weighted by atomic mass is 9.96. The highest BCUT2D eigenvalue weighted by Gasteiger charge is 2.33. The third-order valence-corrected chi connectivity index (χ3v) is 6.90. The monoisotopic (exact) mass is 524 g/mol. The van der Waals surface area contributed by atoms with E-state index in [4.69, 9.17) is 9.15 Å². The number of aromatic nitrogens is 1. The summed E-state index contributed by atoms with van der Waals surface area (Å²) in [5.74, 6) is -0.0601. The van der Waals surface area contributed by atoms with Crippen molar-refractivity contribution >= 4 is 23.4 Å². The van der Waals surface area contributed by atoms with Crippen LogP contribution in [-0.2, 0) is 15.7 Å². The van der Waals surface area contributed by atoms with Crippen molar-refractivity contribution in [2.45, 2.75) is 19.1 Å². The van der Waals surface area contributed by atoms with E-state index in [1.54, 1.807) is 19.1 Å². The van der Waals surface area contributed by atoms with Crippen molar-refractivity contribution < 1.29 is 27.1 Å². The number of ether oxygens (including phenoxy) is 1. The van der Waals surface area contributed by atoms with Crippen molar-refractivity contribution in [2.75, 3.05) is 7.11 Å². The van der Waals surface area contributed by atoms with Gasteiger partial charge in [0, 0.05) is 11.6 Å². The van der Waals surface area contributed by atoms with Gasteiger partial charge < -0.3 is 9.15 Å². The van der Waals surface area contributed by atoms with Crippen molar-refractivity contribution in [3.05, 3.63) is 115 Å². The van der Waals surface area contributed by atoms with Gasteiger partial charge in [-0.3, -0.25) is 9.36 Å². The number of carbonyl (C=O) groups excluding carboxylic acids is 1. The van der Waals surface area contributed by atoms with Crippen molar-refractivity contribution in [3.63, 3.8) is 0 Å². The van der Waals surface area contributed by atoms with Crippen LogP contribution in [0.3, 0.4) is 0 Å². The van der Waals surface area contributed by atoms with E-state index in [1.165, 1.54) is 29.9 Å². The molecule has 4 aromatic rings. The summed E-state index contributed by atoms with van der Waals surface area (Å²) in [7, 11) is 1.27. The normalized spacial score (nSPS) is 15.9. The minimum Gasteiger partial charge on any atom is -0.466 e. The molecule has 2 aromatic carbocycles. The minimum absolute atomic E-state index is 0.233. The maximum absolute atomic E-state index is 13.5. The predicted molar refractivity (Wildman–Crippen MR) is 131 cm³/mol. The summed E-state index contributed by atoms with van der Waals surface area (Å²) in [5, 5.41) is 0. The number of carbonyl (C=O) groups is 1. The molecule has 0 fully saturated rings. The Morgan fingerprint density at radius 3 is 2.57 bits per heavy atom. The first kappa shape index (κ1) is 24.5. The van der Waals surface area contributed by atoms with Crippen LogP contribution in [0.5, 0.6) is 0 Å². The second-order valence-electron chi connectivity index (χ2n) is 8.26. The highest BCUT2D eigenvalue weighted by molar-refractivity contribution is 7.07. The highest BCUT2D eigenvalue weighted by Crippen LogP contribution is 2.33. The van der Waals surface area contributed by atoms with Gasteiger partial charge in [0.15, 0.2) is 4.80 Å². The van der Waals surface area contributed by atoms with Crippen LogP contribution >= 0.6 is 11.3 Å². The summed E-state index contributed by atoms with van der Waals surface area (Å²) in [5.41, 5.74) is 0.515. The van der Waals surface area contributed by atoms with Gasteiger partial charge in [0.25, 0.3) is 5.56 Å². The molecule has 3 heterocycles. The number of rotatable bonds is 4. The number of furan rings is 1. The second-order valence-corrected chi connectivity index (χ2v) is 9.27. The zero-order valence-electron chi connectivity index (χ0n) is 19.6. The van der Waals surface area contributed by atoms with E-state index in [2.05, 4.69) is 4.99 Å². The Balaban J connectivity index is 1.60. The lowest BCUT2D eigenvalue weighted by molar-refractivity contribution is -0.138. The van der Waals surface area contributed by atoms with Gasteiger partial charge in [-0.25, -0.2) is 9.79 Å². The molecule has 0 spiro atoms. The second kappa shape index (κ2) is 9.36. The summed E-state index contributed by atoms with van der Waals surface area (Å²) in [6.45, 7) is 1.69. The smallest absolute Gasteiger partial charge is 0.416 e. The fourth-order valence-electron chi connectivity index (χ4n) is 4.21. The summed E-state index contributed by atoms with van der Waals surface area (Å²) in [6.07, 6.45) is -2.96. The summed E-state index contributed by atoms with van der Waals surface area (Å²) in [6, 6.07) is 16.3. The average molecular weight is 525 g/mol. The number of thiazole rings is 1. The van der Waals surface area contributed by atoms with Gasteiger partial charge in [-0.1, -0.05) is 53.8 Å². The number of nitrogens with zero attached hydrogens (tertiary/aromatic N) is 2. The third-order valence-electron chi connectivity index (χ3n) is 5.92. The molecule has 10 heteroatoms. The number of halogens is 3. The van der Waals surface area contributed by atoms with Crippen LogP contribution in [0.15, 0.2) is 92.2 Å². The number of fused-ring (bicyclic) bond motifs is 1. The Hall–Kier alpha value is -4.18. The van der Waals surface area contributed by atoms with Gasteiger partial charge in [-0.05, 0) is 36.8 Å². The largest absolute Gasteiger partial charge is 0.466 e. The molecular formula is C27H19F3N2O4S. The average Bonchev–Trinajstić information content (AvgIpc) is 3.47. The molecule has 6 nitrogen and oxygen atoms in total. The number of hydrogen-bond acceptors (Lipinski definition) is 6. The molecule has 5 rings (SSSR count). The minimum atomic E-state index is -4.48. The molecule has 2 aromatic heterocycles. The molecule has 37 heavy (non-hydrogen) atoms. The van der Waals surface area contributed by atoms with Gasteiger partial charge >= 0.3 is 12.1 Å². The molecule has 0 saturated heterocycles. The zero-order valence-corrected chi connectivity index (χ0v) is 20.4. The van der Waals surface area contributed by atoms with E-state index in [9.17, 15) is 22.8 Å². The van der Waals surface area contributed by atoms with E-state index in [0.717, 1.165) is 29.0 Å². The van der Waals surface area contributed by atoms with Crippen LogP contribution in [0.4, 0.5) is 13.2 Å². The Morgan fingerprint density at radius 1 is 1.11 bits per heavy atom. The number of methoxy groups -OCH3 is 1. The van der Waals surface area contributed by atoms with Crippen LogP contribution in [0.2, 0.25) is 0 Å². The summed E-state index contributed by atoms with van der Waals surface area (Å²) in [4.78, 5) is 31.1. The van der Waals surface area contributed by atoms with Gasteiger partial charge in [0.1, 0.15) is 11.5 Å². The van der Waals surface area contributed by atoms with Crippen LogP contribution in [0.1, 0.15) is 29.9 Å². The molecule has 0 saturated carbocycles. The van der Waals surface area contributed by atoms with Gasteiger partial charge in [-0.2, -0.15) is 13.2 Å². The zero-order chi connectivity index (χ0) is 26.3. The Labute approximate surface area is 212 Å². The van der Waals surface area contributed by atoms with Gasteiger partial charge in [0.05, 0.1) is 34.5 Å². The first-order valence-electron chi connectivity index (χ1n) is 11.1. The number of hydrogen-bond donors (Lipinski definition) is 0. The van der Waals surface area contributed by atoms with E-state index in [-0.39, 0.29) is 28.2 Å². The molecule has 1 aliphatic rings. The molecular weight excluding hydrogens is 505 g/mol. The summed E-state index contributed by atoms with van der Waals surface area (Å²) >= 11 is 1.12. The quantitative estimate of drug-likeness (QED) is 0.363. The lowest BCUT2D eigenvalue weighted by Crippen LogP contribution is -2.39. The van der Waals surface area contributed by atoms with Crippen LogP contribution < -0.4 is 14.9 Å². The Kier molecular flexibility index (Phi) is 6.20. The number of esters is 1. The number of benzene rings is 2. The molecule has 188 valence electrons. The van der Waals surface area contributed by atoms with E-state index < -0.39 is 23.8 Å². The topological polar surface area (TPSA) is 73.8 Å². The van der Waals surface area contributed by atoms with Crippen molar-refractivity contribution in [2.24, 2.45) is 4.99 Å².